The highest BCUT2D eigenvalue weighted by Crippen LogP contribution is 2.31. The van der Waals surface area contributed by atoms with Gasteiger partial charge in [-0.25, -0.2) is 0 Å². The van der Waals surface area contributed by atoms with E-state index in [2.05, 4.69) is 6.07 Å². The summed E-state index contributed by atoms with van der Waals surface area (Å²) in [4.78, 5) is 13.0. The molecule has 1 aromatic rings. The Morgan fingerprint density at radius 3 is 2.38 bits per heavy atom. The number of carbonyl (C=O) groups is 1. The molecule has 1 aromatic carbocycles. The lowest BCUT2D eigenvalue weighted by molar-refractivity contribution is -0.111. The maximum absolute atomic E-state index is 11.2. The van der Waals surface area contributed by atoms with Gasteiger partial charge in [0.25, 0.3) is 0 Å². The molecule has 0 spiro atoms. The van der Waals surface area contributed by atoms with Gasteiger partial charge in [0.1, 0.15) is 12.0 Å². The Balaban J connectivity index is 3.35. The van der Waals surface area contributed by atoms with Crippen molar-refractivity contribution in [2.24, 2.45) is 0 Å². The Morgan fingerprint density at radius 1 is 1.31 bits per heavy atom. The lowest BCUT2D eigenvalue weighted by Gasteiger charge is -2.23. The van der Waals surface area contributed by atoms with Crippen LogP contribution >= 0.6 is 0 Å². The summed E-state index contributed by atoms with van der Waals surface area (Å²) in [5.74, 6) is 0.781. The van der Waals surface area contributed by atoms with Crippen molar-refractivity contribution in [1.82, 2.24) is 4.90 Å². The van der Waals surface area contributed by atoms with Crippen LogP contribution < -0.4 is 4.74 Å². The van der Waals surface area contributed by atoms with Crippen LogP contribution in [-0.4, -0.2) is 32.4 Å². The Kier molecular flexibility index (Phi) is 4.07. The van der Waals surface area contributed by atoms with Crippen LogP contribution in [0, 0.1) is 13.8 Å². The van der Waals surface area contributed by atoms with Crippen LogP contribution in [0.5, 0.6) is 5.75 Å². The monoisotopic (exact) mass is 221 g/mol. The molecule has 0 fully saturated rings. The highest BCUT2D eigenvalue weighted by Gasteiger charge is 2.20. The van der Waals surface area contributed by atoms with Crippen LogP contribution in [0.1, 0.15) is 22.7 Å². The topological polar surface area (TPSA) is 29.5 Å². The summed E-state index contributed by atoms with van der Waals surface area (Å²) in [6, 6.07) is 3.77. The molecule has 0 bridgehead atoms. The number of hydrogen-bond donors (Lipinski definition) is 0. The number of rotatable bonds is 4. The minimum Gasteiger partial charge on any atom is -0.496 e. The second-order valence-electron chi connectivity index (χ2n) is 4.24. The first-order valence-electron chi connectivity index (χ1n) is 5.28. The molecular formula is C13H19NO2. The van der Waals surface area contributed by atoms with E-state index in [0.29, 0.717) is 0 Å². The van der Waals surface area contributed by atoms with Crippen molar-refractivity contribution in [3.63, 3.8) is 0 Å². The van der Waals surface area contributed by atoms with E-state index in [1.165, 1.54) is 0 Å². The number of carbonyl (C=O) groups excluding carboxylic acids is 1. The third kappa shape index (κ3) is 2.42. The molecule has 0 amide bonds. The van der Waals surface area contributed by atoms with E-state index in [9.17, 15) is 4.79 Å². The number of nitrogens with zero attached hydrogens (tertiary/aromatic N) is 1. The SMILES string of the molecule is COc1cc(C)cc(C)c1C(C=O)N(C)C. The fourth-order valence-corrected chi connectivity index (χ4v) is 1.94. The first kappa shape index (κ1) is 12.7. The molecule has 1 rings (SSSR count). The van der Waals surface area contributed by atoms with Gasteiger partial charge < -0.3 is 9.53 Å². The van der Waals surface area contributed by atoms with Gasteiger partial charge in [0.15, 0.2) is 0 Å². The molecule has 3 heteroatoms. The summed E-state index contributed by atoms with van der Waals surface area (Å²) in [5, 5.41) is 0. The van der Waals surface area contributed by atoms with E-state index >= 15 is 0 Å². The van der Waals surface area contributed by atoms with E-state index in [-0.39, 0.29) is 6.04 Å². The van der Waals surface area contributed by atoms with Crippen molar-refractivity contribution < 1.29 is 9.53 Å². The van der Waals surface area contributed by atoms with Crippen LogP contribution in [0.15, 0.2) is 12.1 Å². The summed E-state index contributed by atoms with van der Waals surface area (Å²) < 4.78 is 5.35. The molecular weight excluding hydrogens is 202 g/mol. The first-order chi connectivity index (χ1) is 7.51. The molecule has 3 nitrogen and oxygen atoms in total. The Bertz CT molecular complexity index is 386. The lowest BCUT2D eigenvalue weighted by atomic mass is 9.98. The number of methoxy groups -OCH3 is 1. The van der Waals surface area contributed by atoms with Crippen LogP contribution in [0.3, 0.4) is 0 Å². The second-order valence-corrected chi connectivity index (χ2v) is 4.24. The first-order valence-corrected chi connectivity index (χ1v) is 5.28. The van der Waals surface area contributed by atoms with Crippen LogP contribution in [-0.2, 0) is 4.79 Å². The molecule has 0 saturated heterocycles. The van der Waals surface area contributed by atoms with E-state index in [4.69, 9.17) is 4.74 Å². The summed E-state index contributed by atoms with van der Waals surface area (Å²) in [5.41, 5.74) is 3.18. The largest absolute Gasteiger partial charge is 0.496 e. The van der Waals surface area contributed by atoms with Gasteiger partial charge in [-0.1, -0.05) is 6.07 Å². The quantitative estimate of drug-likeness (QED) is 0.729. The molecule has 0 aromatic heterocycles. The van der Waals surface area contributed by atoms with Gasteiger partial charge in [0.05, 0.1) is 13.2 Å². The number of ether oxygens (including phenoxy) is 1. The average Bonchev–Trinajstić information content (AvgIpc) is 2.21. The molecule has 0 aliphatic heterocycles. The van der Waals surface area contributed by atoms with E-state index in [1.807, 2.05) is 38.9 Å². The van der Waals surface area contributed by atoms with Gasteiger partial charge in [0, 0.05) is 5.56 Å². The molecule has 0 aliphatic rings. The van der Waals surface area contributed by atoms with Gasteiger partial charge in [-0.2, -0.15) is 0 Å². The van der Waals surface area contributed by atoms with Gasteiger partial charge in [-0.15, -0.1) is 0 Å². The highest BCUT2D eigenvalue weighted by atomic mass is 16.5. The zero-order chi connectivity index (χ0) is 12.3. The zero-order valence-corrected chi connectivity index (χ0v) is 10.6. The Hall–Kier alpha value is -1.35. The normalized spacial score (nSPS) is 12.6. The molecule has 88 valence electrons. The van der Waals surface area contributed by atoms with Gasteiger partial charge in [-0.3, -0.25) is 4.90 Å². The third-order valence-electron chi connectivity index (χ3n) is 2.69. The predicted molar refractivity (Wildman–Crippen MR) is 65.0 cm³/mol. The third-order valence-corrected chi connectivity index (χ3v) is 2.69. The van der Waals surface area contributed by atoms with E-state index in [1.54, 1.807) is 7.11 Å². The van der Waals surface area contributed by atoms with Gasteiger partial charge >= 0.3 is 0 Å². The highest BCUT2D eigenvalue weighted by molar-refractivity contribution is 5.65. The molecule has 1 unspecified atom stereocenters. The van der Waals surface area contributed by atoms with Crippen LogP contribution in [0.4, 0.5) is 0 Å². The molecule has 0 radical (unpaired) electrons. The van der Waals surface area contributed by atoms with Gasteiger partial charge in [0.2, 0.25) is 0 Å². The average molecular weight is 221 g/mol. The Labute approximate surface area is 97.0 Å². The number of aryl methyl sites for hydroxylation is 2. The number of hydrogen-bond acceptors (Lipinski definition) is 3. The van der Waals surface area contributed by atoms with Crippen molar-refractivity contribution in [2.45, 2.75) is 19.9 Å². The fraction of sp³-hybridized carbons (Fsp3) is 0.462. The van der Waals surface area contributed by atoms with Crippen molar-refractivity contribution in [3.8, 4) is 5.75 Å². The molecule has 1 atom stereocenters. The summed E-state index contributed by atoms with van der Waals surface area (Å²) in [6.07, 6.45) is 0.945. The zero-order valence-electron chi connectivity index (χ0n) is 10.6. The second kappa shape index (κ2) is 5.12. The van der Waals surface area contributed by atoms with E-state index in [0.717, 1.165) is 28.7 Å². The van der Waals surface area contributed by atoms with Crippen molar-refractivity contribution in [2.75, 3.05) is 21.2 Å². The Morgan fingerprint density at radius 2 is 1.94 bits per heavy atom. The lowest BCUT2D eigenvalue weighted by Crippen LogP contribution is -2.22. The summed E-state index contributed by atoms with van der Waals surface area (Å²) in [7, 11) is 5.41. The molecule has 16 heavy (non-hydrogen) atoms. The maximum Gasteiger partial charge on any atom is 0.141 e. The number of likely N-dealkylation sites (N-methyl/N-ethyl adjacent to an activating group) is 1. The van der Waals surface area contributed by atoms with Crippen molar-refractivity contribution >= 4 is 6.29 Å². The minimum atomic E-state index is -0.254. The fourth-order valence-electron chi connectivity index (χ4n) is 1.94. The standard InChI is InChI=1S/C13H19NO2/c1-9-6-10(2)13(12(7-9)16-5)11(8-15)14(3)4/h6-8,11H,1-5H3. The molecule has 0 N–H and O–H groups in total. The maximum atomic E-state index is 11.2. The summed E-state index contributed by atoms with van der Waals surface area (Å²) in [6.45, 7) is 4.02. The number of benzene rings is 1. The molecule has 0 heterocycles. The molecule has 0 saturated carbocycles. The van der Waals surface area contributed by atoms with Crippen molar-refractivity contribution in [3.05, 3.63) is 28.8 Å². The smallest absolute Gasteiger partial charge is 0.141 e. The van der Waals surface area contributed by atoms with E-state index < -0.39 is 0 Å². The van der Waals surface area contributed by atoms with Gasteiger partial charge in [-0.05, 0) is 45.1 Å². The summed E-state index contributed by atoms with van der Waals surface area (Å²) >= 11 is 0. The minimum absolute atomic E-state index is 0.254. The van der Waals surface area contributed by atoms with Crippen LogP contribution in [0.25, 0.3) is 0 Å². The number of aldehydes is 1. The van der Waals surface area contributed by atoms with Crippen molar-refractivity contribution in [1.29, 1.82) is 0 Å². The predicted octanol–water partition coefficient (Wildman–Crippen LogP) is 2.11. The van der Waals surface area contributed by atoms with Crippen LogP contribution in [0.2, 0.25) is 0 Å². The molecule has 0 aliphatic carbocycles.